The van der Waals surface area contributed by atoms with Crippen LogP contribution in [0.5, 0.6) is 0 Å². The van der Waals surface area contributed by atoms with Crippen LogP contribution in [0.1, 0.15) is 24.5 Å². The van der Waals surface area contributed by atoms with Crippen molar-refractivity contribution in [1.82, 2.24) is 20.4 Å². The van der Waals surface area contributed by atoms with Crippen LogP contribution in [0.2, 0.25) is 0 Å². The third-order valence-electron chi connectivity index (χ3n) is 4.23. The van der Waals surface area contributed by atoms with E-state index in [0.717, 1.165) is 18.7 Å². The topological polar surface area (TPSA) is 88.4 Å². The predicted molar refractivity (Wildman–Crippen MR) is 118 cm³/mol. The van der Waals surface area contributed by atoms with Crippen molar-refractivity contribution < 1.29 is 8.42 Å². The molecule has 1 atom stereocenters. The van der Waals surface area contributed by atoms with Crippen molar-refractivity contribution in [3.05, 3.63) is 53.9 Å². The second kappa shape index (κ2) is 10.1. The molecular formula is C18H26IN5O2S. The molecule has 1 saturated heterocycles. The number of hydrogen-bond donors (Lipinski definition) is 2. The molecule has 0 bridgehead atoms. The molecule has 2 aromatic rings. The molecule has 1 aliphatic rings. The van der Waals surface area contributed by atoms with Gasteiger partial charge in [-0.1, -0.05) is 24.3 Å². The number of aliphatic imine (C=N–C) groups is 1. The molecule has 2 N–H and O–H groups in total. The number of sulfone groups is 1. The number of benzene rings is 1. The van der Waals surface area contributed by atoms with E-state index < -0.39 is 9.84 Å². The van der Waals surface area contributed by atoms with E-state index in [1.165, 1.54) is 5.56 Å². The zero-order chi connectivity index (χ0) is 18.4. The maximum Gasteiger partial charge on any atom is 0.191 e. The van der Waals surface area contributed by atoms with Crippen LogP contribution in [-0.4, -0.2) is 48.3 Å². The number of nitrogens with one attached hydrogen (secondary N) is 2. The summed E-state index contributed by atoms with van der Waals surface area (Å²) in [4.78, 5) is 4.61. The monoisotopic (exact) mass is 503 g/mol. The SMILES string of the molecule is CCNC(=NCc1cccc(Cn2cccn2)c1)NC1CCS(=O)(=O)C1.I. The van der Waals surface area contributed by atoms with Gasteiger partial charge in [0.1, 0.15) is 0 Å². The number of rotatable bonds is 6. The van der Waals surface area contributed by atoms with Crippen molar-refractivity contribution in [3.8, 4) is 0 Å². The normalized spacial score (nSPS) is 18.7. The highest BCUT2D eigenvalue weighted by atomic mass is 127. The molecular weight excluding hydrogens is 477 g/mol. The van der Waals surface area contributed by atoms with Gasteiger partial charge in [0.2, 0.25) is 0 Å². The van der Waals surface area contributed by atoms with Crippen molar-refractivity contribution in [1.29, 1.82) is 0 Å². The fraction of sp³-hybridized carbons (Fsp3) is 0.444. The van der Waals surface area contributed by atoms with Gasteiger partial charge in [0, 0.05) is 25.0 Å². The number of aromatic nitrogens is 2. The molecule has 1 aromatic heterocycles. The van der Waals surface area contributed by atoms with Crippen LogP contribution in [0, 0.1) is 0 Å². The summed E-state index contributed by atoms with van der Waals surface area (Å²) < 4.78 is 25.1. The minimum Gasteiger partial charge on any atom is -0.357 e. The Kier molecular flexibility index (Phi) is 8.08. The van der Waals surface area contributed by atoms with Crippen molar-refractivity contribution in [2.75, 3.05) is 18.1 Å². The lowest BCUT2D eigenvalue weighted by atomic mass is 10.1. The summed E-state index contributed by atoms with van der Waals surface area (Å²) in [6.07, 6.45) is 4.34. The van der Waals surface area contributed by atoms with Crippen molar-refractivity contribution in [3.63, 3.8) is 0 Å². The maximum atomic E-state index is 11.6. The van der Waals surface area contributed by atoms with E-state index in [1.807, 2.05) is 36.0 Å². The lowest BCUT2D eigenvalue weighted by molar-refractivity contribution is 0.599. The highest BCUT2D eigenvalue weighted by Gasteiger charge is 2.28. The Morgan fingerprint density at radius 3 is 2.81 bits per heavy atom. The molecule has 1 aliphatic heterocycles. The van der Waals surface area contributed by atoms with Crippen LogP contribution in [0.25, 0.3) is 0 Å². The van der Waals surface area contributed by atoms with Crippen LogP contribution in [0.3, 0.4) is 0 Å². The Hall–Kier alpha value is -1.62. The smallest absolute Gasteiger partial charge is 0.191 e. The number of halogens is 1. The van der Waals surface area contributed by atoms with E-state index in [2.05, 4.69) is 32.9 Å². The van der Waals surface area contributed by atoms with Crippen LogP contribution in [0.15, 0.2) is 47.7 Å². The van der Waals surface area contributed by atoms with Crippen molar-refractivity contribution in [2.45, 2.75) is 32.5 Å². The molecule has 9 heteroatoms. The molecule has 1 unspecified atom stereocenters. The minimum absolute atomic E-state index is 0. The lowest BCUT2D eigenvalue weighted by Gasteiger charge is -2.16. The summed E-state index contributed by atoms with van der Waals surface area (Å²) in [6.45, 7) is 3.97. The summed E-state index contributed by atoms with van der Waals surface area (Å²) in [5, 5.41) is 10.7. The molecule has 0 spiro atoms. The first kappa shape index (κ1) is 21.7. The highest BCUT2D eigenvalue weighted by Crippen LogP contribution is 2.12. The van der Waals surface area contributed by atoms with Gasteiger partial charge in [-0.05, 0) is 30.5 Å². The molecule has 1 aromatic carbocycles. The Morgan fingerprint density at radius 2 is 2.15 bits per heavy atom. The molecule has 3 rings (SSSR count). The van der Waals surface area contributed by atoms with Gasteiger partial charge >= 0.3 is 0 Å². The molecule has 0 amide bonds. The standard InChI is InChI=1S/C18H25N5O2S.HI/c1-2-19-18(22-17-7-10-26(24,25)14-17)20-12-15-5-3-6-16(11-15)13-23-9-4-8-21-23;/h3-6,8-9,11,17H,2,7,10,12-14H2,1H3,(H2,19,20,22);1H. The molecule has 1 fully saturated rings. The third kappa shape index (κ3) is 6.80. The summed E-state index contributed by atoms with van der Waals surface area (Å²) in [7, 11) is -2.91. The highest BCUT2D eigenvalue weighted by molar-refractivity contribution is 14.0. The second-order valence-corrected chi connectivity index (χ2v) is 8.69. The van der Waals surface area contributed by atoms with Gasteiger partial charge in [0.05, 0.1) is 24.6 Å². The predicted octanol–water partition coefficient (Wildman–Crippen LogP) is 1.79. The fourth-order valence-corrected chi connectivity index (χ4v) is 4.67. The third-order valence-corrected chi connectivity index (χ3v) is 6.00. The van der Waals surface area contributed by atoms with Gasteiger partial charge in [0.25, 0.3) is 0 Å². The number of nitrogens with zero attached hydrogens (tertiary/aromatic N) is 3. The van der Waals surface area contributed by atoms with Gasteiger partial charge in [-0.25, -0.2) is 13.4 Å². The molecule has 0 aliphatic carbocycles. The molecule has 0 radical (unpaired) electrons. The van der Waals surface area contributed by atoms with Gasteiger partial charge in [-0.2, -0.15) is 5.10 Å². The van der Waals surface area contributed by atoms with Crippen LogP contribution in [-0.2, 0) is 22.9 Å². The lowest BCUT2D eigenvalue weighted by Crippen LogP contribution is -2.44. The quantitative estimate of drug-likeness (QED) is 0.357. The second-order valence-electron chi connectivity index (χ2n) is 6.46. The minimum atomic E-state index is -2.91. The van der Waals surface area contributed by atoms with Crippen LogP contribution < -0.4 is 10.6 Å². The Balaban J connectivity index is 0.00000261. The first-order chi connectivity index (χ1) is 12.5. The first-order valence-electron chi connectivity index (χ1n) is 8.84. The molecule has 7 nitrogen and oxygen atoms in total. The van der Waals surface area contributed by atoms with E-state index >= 15 is 0 Å². The van der Waals surface area contributed by atoms with E-state index in [4.69, 9.17) is 0 Å². The number of guanidine groups is 1. The maximum absolute atomic E-state index is 11.6. The van der Waals surface area contributed by atoms with E-state index in [0.29, 0.717) is 18.9 Å². The van der Waals surface area contributed by atoms with Gasteiger partial charge in [0.15, 0.2) is 15.8 Å². The average Bonchev–Trinajstić information content (AvgIpc) is 3.22. The summed E-state index contributed by atoms with van der Waals surface area (Å²) in [6, 6.07) is 10.1. The molecule has 0 saturated carbocycles. The average molecular weight is 503 g/mol. The zero-order valence-corrected chi connectivity index (χ0v) is 18.5. The zero-order valence-electron chi connectivity index (χ0n) is 15.3. The van der Waals surface area contributed by atoms with Crippen LogP contribution >= 0.6 is 24.0 Å². The van der Waals surface area contributed by atoms with Gasteiger partial charge < -0.3 is 10.6 Å². The largest absolute Gasteiger partial charge is 0.357 e. The Bertz CT molecular complexity index is 852. The fourth-order valence-electron chi connectivity index (χ4n) is 3.00. The van der Waals surface area contributed by atoms with E-state index in [-0.39, 0.29) is 41.5 Å². The van der Waals surface area contributed by atoms with E-state index in [1.54, 1.807) is 6.20 Å². The van der Waals surface area contributed by atoms with Crippen molar-refractivity contribution >= 4 is 39.8 Å². The Labute approximate surface area is 177 Å². The summed E-state index contributed by atoms with van der Waals surface area (Å²) in [5.41, 5.74) is 2.27. The van der Waals surface area contributed by atoms with Crippen LogP contribution in [0.4, 0.5) is 0 Å². The summed E-state index contributed by atoms with van der Waals surface area (Å²) >= 11 is 0. The molecule has 2 heterocycles. The Morgan fingerprint density at radius 1 is 1.33 bits per heavy atom. The van der Waals surface area contributed by atoms with Gasteiger partial charge in [-0.3, -0.25) is 4.68 Å². The summed E-state index contributed by atoms with van der Waals surface area (Å²) in [5.74, 6) is 1.09. The van der Waals surface area contributed by atoms with E-state index in [9.17, 15) is 8.42 Å². The van der Waals surface area contributed by atoms with Gasteiger partial charge in [-0.15, -0.1) is 24.0 Å². The number of hydrogen-bond acceptors (Lipinski definition) is 4. The first-order valence-corrected chi connectivity index (χ1v) is 10.7. The molecule has 27 heavy (non-hydrogen) atoms. The van der Waals surface area contributed by atoms with Crippen molar-refractivity contribution in [2.24, 2.45) is 4.99 Å². The molecule has 148 valence electrons.